The number of benzene rings is 2. The van der Waals surface area contributed by atoms with E-state index in [4.69, 9.17) is 10.1 Å². The predicted molar refractivity (Wildman–Crippen MR) is 124 cm³/mol. The van der Waals surface area contributed by atoms with E-state index < -0.39 is 5.97 Å². The molecule has 32 heavy (non-hydrogen) atoms. The Hall–Kier alpha value is -3.80. The standard InChI is InChI=1S/C26H26N4O2/c1-2-3-16-30-24(28-23(29-30)17-19-8-5-4-6-9-19)18-20-11-13-21(14-12-20)25-22(26(31)32)10-7-15-27-25/h4-15H,2-3,16-18H2,1H3,(H,31,32). The van der Waals surface area contributed by atoms with E-state index in [1.165, 1.54) is 5.56 Å². The maximum Gasteiger partial charge on any atom is 0.337 e. The molecule has 0 radical (unpaired) electrons. The largest absolute Gasteiger partial charge is 0.478 e. The molecule has 0 atom stereocenters. The maximum atomic E-state index is 11.5. The molecule has 0 saturated carbocycles. The van der Waals surface area contributed by atoms with Crippen molar-refractivity contribution >= 4 is 5.97 Å². The third-order valence-electron chi connectivity index (χ3n) is 5.35. The van der Waals surface area contributed by atoms with E-state index in [1.54, 1.807) is 18.3 Å². The normalized spacial score (nSPS) is 10.9. The third-order valence-corrected chi connectivity index (χ3v) is 5.35. The van der Waals surface area contributed by atoms with Gasteiger partial charge in [0.2, 0.25) is 0 Å². The first-order valence-electron chi connectivity index (χ1n) is 10.9. The van der Waals surface area contributed by atoms with Gasteiger partial charge in [-0.05, 0) is 29.7 Å². The van der Waals surface area contributed by atoms with E-state index >= 15 is 0 Å². The predicted octanol–water partition coefficient (Wildman–Crippen LogP) is 5.02. The Labute approximate surface area is 187 Å². The van der Waals surface area contributed by atoms with Gasteiger partial charge in [0.15, 0.2) is 5.82 Å². The lowest BCUT2D eigenvalue weighted by molar-refractivity contribution is 0.0697. The van der Waals surface area contributed by atoms with Crippen LogP contribution in [0.15, 0.2) is 72.9 Å². The van der Waals surface area contributed by atoms with Gasteiger partial charge in [-0.2, -0.15) is 5.10 Å². The molecule has 0 fully saturated rings. The number of carboxylic acids is 1. The second-order valence-corrected chi connectivity index (χ2v) is 7.76. The lowest BCUT2D eigenvalue weighted by Crippen LogP contribution is -2.06. The number of nitrogens with zero attached hydrogens (tertiary/aromatic N) is 4. The molecule has 0 aliphatic heterocycles. The zero-order chi connectivity index (χ0) is 22.3. The Balaban J connectivity index is 1.56. The van der Waals surface area contributed by atoms with Gasteiger partial charge >= 0.3 is 5.97 Å². The summed E-state index contributed by atoms with van der Waals surface area (Å²) in [6.45, 7) is 3.02. The summed E-state index contributed by atoms with van der Waals surface area (Å²) in [6.07, 6.45) is 5.14. The number of unbranched alkanes of at least 4 members (excludes halogenated alkanes) is 1. The van der Waals surface area contributed by atoms with Crippen molar-refractivity contribution in [1.82, 2.24) is 19.7 Å². The molecule has 0 spiro atoms. The molecule has 0 saturated heterocycles. The molecule has 0 unspecified atom stereocenters. The Morgan fingerprint density at radius 2 is 1.69 bits per heavy atom. The van der Waals surface area contributed by atoms with Gasteiger partial charge in [-0.1, -0.05) is 67.9 Å². The number of aromatic nitrogens is 4. The third kappa shape index (κ3) is 5.09. The first-order chi connectivity index (χ1) is 15.6. The summed E-state index contributed by atoms with van der Waals surface area (Å²) in [5.41, 5.74) is 3.75. The van der Waals surface area contributed by atoms with Crippen LogP contribution in [0, 0.1) is 0 Å². The van der Waals surface area contributed by atoms with Crippen LogP contribution in [-0.2, 0) is 19.4 Å². The summed E-state index contributed by atoms with van der Waals surface area (Å²) >= 11 is 0. The van der Waals surface area contributed by atoms with Gasteiger partial charge in [0.25, 0.3) is 0 Å². The first kappa shape index (κ1) is 21.4. The zero-order valence-corrected chi connectivity index (χ0v) is 18.1. The summed E-state index contributed by atoms with van der Waals surface area (Å²) in [4.78, 5) is 20.6. The summed E-state index contributed by atoms with van der Waals surface area (Å²) in [7, 11) is 0. The van der Waals surface area contributed by atoms with Crippen molar-refractivity contribution in [2.45, 2.75) is 39.2 Å². The lowest BCUT2D eigenvalue weighted by atomic mass is 10.0. The molecule has 2 aromatic carbocycles. The molecule has 0 aliphatic carbocycles. The fourth-order valence-electron chi connectivity index (χ4n) is 3.67. The number of aryl methyl sites for hydroxylation is 1. The Morgan fingerprint density at radius 1 is 0.938 bits per heavy atom. The minimum Gasteiger partial charge on any atom is -0.478 e. The van der Waals surface area contributed by atoms with E-state index in [0.717, 1.165) is 42.2 Å². The van der Waals surface area contributed by atoms with Crippen molar-refractivity contribution in [2.24, 2.45) is 0 Å². The molecular weight excluding hydrogens is 400 g/mol. The van der Waals surface area contributed by atoms with Crippen LogP contribution < -0.4 is 0 Å². The smallest absolute Gasteiger partial charge is 0.337 e. The topological polar surface area (TPSA) is 80.9 Å². The summed E-state index contributed by atoms with van der Waals surface area (Å²) in [6, 6.07) is 21.3. The van der Waals surface area contributed by atoms with Gasteiger partial charge < -0.3 is 5.11 Å². The molecule has 4 aromatic rings. The molecular formula is C26H26N4O2. The lowest BCUT2D eigenvalue weighted by Gasteiger charge is -2.08. The maximum absolute atomic E-state index is 11.5. The van der Waals surface area contributed by atoms with Crippen molar-refractivity contribution in [2.75, 3.05) is 0 Å². The number of carbonyl (C=O) groups is 1. The van der Waals surface area contributed by atoms with Gasteiger partial charge in [0.05, 0.1) is 11.3 Å². The molecule has 0 amide bonds. The van der Waals surface area contributed by atoms with Gasteiger partial charge in [-0.3, -0.25) is 4.98 Å². The van der Waals surface area contributed by atoms with Gasteiger partial charge in [0.1, 0.15) is 5.82 Å². The van der Waals surface area contributed by atoms with Crippen LogP contribution in [0.5, 0.6) is 0 Å². The number of carboxylic acid groups (broad SMARTS) is 1. The molecule has 2 aromatic heterocycles. The summed E-state index contributed by atoms with van der Waals surface area (Å²) in [5, 5.41) is 14.2. The Morgan fingerprint density at radius 3 is 2.41 bits per heavy atom. The minimum absolute atomic E-state index is 0.199. The van der Waals surface area contributed by atoms with Crippen LogP contribution in [0.2, 0.25) is 0 Å². The van der Waals surface area contributed by atoms with Crippen LogP contribution >= 0.6 is 0 Å². The SMILES string of the molecule is CCCCn1nc(Cc2ccccc2)nc1Cc1ccc(-c2ncccc2C(=O)O)cc1. The highest BCUT2D eigenvalue weighted by atomic mass is 16.4. The van der Waals surface area contributed by atoms with E-state index in [-0.39, 0.29) is 5.56 Å². The van der Waals surface area contributed by atoms with Crippen LogP contribution in [0.25, 0.3) is 11.3 Å². The number of hydrogen-bond acceptors (Lipinski definition) is 4. The summed E-state index contributed by atoms with van der Waals surface area (Å²) < 4.78 is 2.02. The van der Waals surface area contributed by atoms with Crippen LogP contribution in [0.3, 0.4) is 0 Å². The van der Waals surface area contributed by atoms with Crippen LogP contribution in [0.1, 0.15) is 52.9 Å². The second-order valence-electron chi connectivity index (χ2n) is 7.76. The Kier molecular flexibility index (Phi) is 6.70. The van der Waals surface area contributed by atoms with Gasteiger partial charge in [0, 0.05) is 31.1 Å². The first-order valence-corrected chi connectivity index (χ1v) is 10.9. The highest BCUT2D eigenvalue weighted by Gasteiger charge is 2.14. The van der Waals surface area contributed by atoms with Crippen LogP contribution in [-0.4, -0.2) is 30.8 Å². The van der Waals surface area contributed by atoms with Crippen LogP contribution in [0.4, 0.5) is 0 Å². The van der Waals surface area contributed by atoms with Crippen molar-refractivity contribution < 1.29 is 9.90 Å². The fraction of sp³-hybridized carbons (Fsp3) is 0.231. The molecule has 2 heterocycles. The van der Waals surface area contributed by atoms with E-state index in [0.29, 0.717) is 18.5 Å². The van der Waals surface area contributed by atoms with Gasteiger partial charge in [-0.15, -0.1) is 0 Å². The molecule has 0 bridgehead atoms. The zero-order valence-electron chi connectivity index (χ0n) is 18.1. The van der Waals surface area contributed by atoms with Gasteiger partial charge in [-0.25, -0.2) is 14.5 Å². The fourth-order valence-corrected chi connectivity index (χ4v) is 3.67. The number of pyridine rings is 1. The summed E-state index contributed by atoms with van der Waals surface area (Å²) in [5.74, 6) is 0.798. The van der Waals surface area contributed by atoms with E-state index in [9.17, 15) is 9.90 Å². The molecule has 1 N–H and O–H groups in total. The van der Waals surface area contributed by atoms with Crippen molar-refractivity contribution in [3.05, 3.63) is 101 Å². The second kappa shape index (κ2) is 10.0. The molecule has 6 nitrogen and oxygen atoms in total. The highest BCUT2D eigenvalue weighted by molar-refractivity contribution is 5.94. The average molecular weight is 427 g/mol. The number of hydrogen-bond donors (Lipinski definition) is 1. The molecule has 0 aliphatic rings. The van der Waals surface area contributed by atoms with Crippen molar-refractivity contribution in [1.29, 1.82) is 0 Å². The highest BCUT2D eigenvalue weighted by Crippen LogP contribution is 2.22. The molecule has 162 valence electrons. The van der Waals surface area contributed by atoms with E-state index in [2.05, 4.69) is 24.0 Å². The van der Waals surface area contributed by atoms with Crippen molar-refractivity contribution in [3.63, 3.8) is 0 Å². The van der Waals surface area contributed by atoms with E-state index in [1.807, 2.05) is 47.1 Å². The average Bonchev–Trinajstić information content (AvgIpc) is 3.19. The number of aromatic carboxylic acids is 1. The molecule has 6 heteroatoms. The van der Waals surface area contributed by atoms with Crippen molar-refractivity contribution in [3.8, 4) is 11.3 Å². The monoisotopic (exact) mass is 426 g/mol. The quantitative estimate of drug-likeness (QED) is 0.406. The number of rotatable bonds is 9. The molecule has 4 rings (SSSR count). The Bertz CT molecular complexity index is 1180. The minimum atomic E-state index is -0.979.